The molecule has 0 radical (unpaired) electrons. The zero-order chi connectivity index (χ0) is 11.4. The van der Waals surface area contributed by atoms with Gasteiger partial charge < -0.3 is 5.73 Å². The number of hydrogen-bond acceptors (Lipinski definition) is 2. The largest absolute Gasteiger partial charge is 0.350 e. The van der Waals surface area contributed by atoms with Crippen molar-refractivity contribution in [3.63, 3.8) is 0 Å². The van der Waals surface area contributed by atoms with Crippen molar-refractivity contribution < 1.29 is 4.79 Å². The van der Waals surface area contributed by atoms with Crippen molar-refractivity contribution in [1.29, 1.82) is 0 Å². The molecule has 0 unspecified atom stereocenters. The Morgan fingerprint density at radius 2 is 1.80 bits per heavy atom. The molecule has 15 heavy (non-hydrogen) atoms. The van der Waals surface area contributed by atoms with Gasteiger partial charge in [0.1, 0.15) is 0 Å². The van der Waals surface area contributed by atoms with Gasteiger partial charge in [0, 0.05) is 0 Å². The summed E-state index contributed by atoms with van der Waals surface area (Å²) in [6.07, 6.45) is 0. The van der Waals surface area contributed by atoms with E-state index in [1.807, 2.05) is 32.9 Å². The summed E-state index contributed by atoms with van der Waals surface area (Å²) in [6, 6.07) is 5.44. The van der Waals surface area contributed by atoms with Crippen LogP contribution < -0.4 is 11.2 Å². The lowest BCUT2D eigenvalue weighted by Crippen LogP contribution is -2.25. The molecule has 0 aliphatic heterocycles. The first-order chi connectivity index (χ1) is 6.99. The van der Waals surface area contributed by atoms with E-state index in [1.54, 1.807) is 0 Å². The minimum absolute atomic E-state index is 0.654. The number of benzene rings is 1. The highest BCUT2D eigenvalue weighted by Crippen LogP contribution is 2.09. The standard InChI is InChI=1S/C11H15N3O/c1-7-4-8(2)6-10(5-7)9(3)13-14-11(12)15/h4-6H,1-3H3,(H3,12,14,15)/b13-9-. The number of nitrogens with two attached hydrogens (primary N) is 1. The zero-order valence-corrected chi connectivity index (χ0v) is 9.16. The van der Waals surface area contributed by atoms with Crippen molar-refractivity contribution in [2.24, 2.45) is 10.8 Å². The molecule has 1 aromatic carbocycles. The number of rotatable bonds is 2. The van der Waals surface area contributed by atoms with Crippen LogP contribution in [0.4, 0.5) is 4.79 Å². The van der Waals surface area contributed by atoms with Crippen LogP contribution in [0.1, 0.15) is 23.6 Å². The third-order valence-corrected chi connectivity index (χ3v) is 1.97. The Balaban J connectivity index is 2.95. The molecule has 0 heterocycles. The quantitative estimate of drug-likeness (QED) is 0.560. The van der Waals surface area contributed by atoms with E-state index in [-0.39, 0.29) is 0 Å². The zero-order valence-electron chi connectivity index (χ0n) is 9.16. The average molecular weight is 205 g/mol. The summed E-state index contributed by atoms with van der Waals surface area (Å²) < 4.78 is 0. The van der Waals surface area contributed by atoms with Gasteiger partial charge in [-0.25, -0.2) is 10.2 Å². The Kier molecular flexibility index (Phi) is 3.44. The lowest BCUT2D eigenvalue weighted by molar-refractivity contribution is 0.249. The predicted molar refractivity (Wildman–Crippen MR) is 60.8 cm³/mol. The molecule has 0 aliphatic carbocycles. The van der Waals surface area contributed by atoms with Gasteiger partial charge in [0.2, 0.25) is 0 Å². The van der Waals surface area contributed by atoms with E-state index in [9.17, 15) is 4.79 Å². The highest BCUT2D eigenvalue weighted by Gasteiger charge is 2.00. The summed E-state index contributed by atoms with van der Waals surface area (Å²) in [7, 11) is 0. The third kappa shape index (κ3) is 3.42. The fourth-order valence-corrected chi connectivity index (χ4v) is 1.39. The number of nitrogens with zero attached hydrogens (tertiary/aromatic N) is 1. The molecule has 4 heteroatoms. The number of hydrazone groups is 1. The second kappa shape index (κ2) is 4.59. The second-order valence-corrected chi connectivity index (χ2v) is 3.55. The number of carbonyl (C=O) groups is 1. The van der Waals surface area contributed by atoms with Crippen LogP contribution >= 0.6 is 0 Å². The average Bonchev–Trinajstić information content (AvgIpc) is 2.12. The summed E-state index contributed by atoms with van der Waals surface area (Å²) in [5, 5.41) is 3.87. The van der Waals surface area contributed by atoms with E-state index in [1.165, 1.54) is 11.1 Å². The minimum atomic E-state index is -0.654. The monoisotopic (exact) mass is 205 g/mol. The van der Waals surface area contributed by atoms with E-state index in [2.05, 4.69) is 16.6 Å². The van der Waals surface area contributed by atoms with E-state index in [4.69, 9.17) is 5.73 Å². The molecule has 0 bridgehead atoms. The molecule has 80 valence electrons. The maximum Gasteiger partial charge on any atom is 0.332 e. The fourth-order valence-electron chi connectivity index (χ4n) is 1.39. The number of amides is 2. The van der Waals surface area contributed by atoms with Gasteiger partial charge in [0.15, 0.2) is 0 Å². The highest BCUT2D eigenvalue weighted by molar-refractivity contribution is 5.99. The Morgan fingerprint density at radius 1 is 1.27 bits per heavy atom. The predicted octanol–water partition coefficient (Wildman–Crippen LogP) is 1.70. The van der Waals surface area contributed by atoms with Gasteiger partial charge in [-0.15, -0.1) is 0 Å². The third-order valence-electron chi connectivity index (χ3n) is 1.97. The van der Waals surface area contributed by atoms with Crippen molar-refractivity contribution >= 4 is 11.7 Å². The van der Waals surface area contributed by atoms with Gasteiger partial charge >= 0.3 is 6.03 Å². The Hall–Kier alpha value is -1.84. The summed E-state index contributed by atoms with van der Waals surface area (Å²) in [6.45, 7) is 5.86. The van der Waals surface area contributed by atoms with Crippen molar-refractivity contribution in [3.8, 4) is 0 Å². The van der Waals surface area contributed by atoms with Gasteiger partial charge in [0.05, 0.1) is 5.71 Å². The van der Waals surface area contributed by atoms with Crippen LogP contribution in [0.2, 0.25) is 0 Å². The van der Waals surface area contributed by atoms with Crippen LogP contribution in [-0.2, 0) is 0 Å². The van der Waals surface area contributed by atoms with Gasteiger partial charge in [-0.05, 0) is 26.3 Å². The van der Waals surface area contributed by atoms with Crippen LogP contribution in [0.15, 0.2) is 23.3 Å². The Morgan fingerprint density at radius 3 is 2.27 bits per heavy atom. The van der Waals surface area contributed by atoms with Gasteiger partial charge in [-0.1, -0.05) is 29.3 Å². The SMILES string of the molecule is C/C(=N/NC(N)=O)c1cc(C)cc(C)c1. The fraction of sp³-hybridized carbons (Fsp3) is 0.273. The first kappa shape index (κ1) is 11.2. The maximum absolute atomic E-state index is 10.5. The Bertz CT molecular complexity index is 390. The van der Waals surface area contributed by atoms with Crippen molar-refractivity contribution in [3.05, 3.63) is 34.9 Å². The number of hydrogen-bond donors (Lipinski definition) is 2. The summed E-state index contributed by atoms with van der Waals surface area (Å²) in [5.41, 5.74) is 11.2. The van der Waals surface area contributed by atoms with Crippen LogP contribution in [-0.4, -0.2) is 11.7 Å². The molecule has 0 aliphatic rings. The van der Waals surface area contributed by atoms with E-state index in [0.717, 1.165) is 11.3 Å². The molecule has 0 saturated carbocycles. The van der Waals surface area contributed by atoms with E-state index < -0.39 is 6.03 Å². The summed E-state index contributed by atoms with van der Waals surface area (Å²) in [4.78, 5) is 10.5. The maximum atomic E-state index is 10.5. The number of aryl methyl sites for hydroxylation is 2. The van der Waals surface area contributed by atoms with Gasteiger partial charge in [-0.3, -0.25) is 0 Å². The highest BCUT2D eigenvalue weighted by atomic mass is 16.2. The van der Waals surface area contributed by atoms with Crippen LogP contribution in [0.3, 0.4) is 0 Å². The second-order valence-electron chi connectivity index (χ2n) is 3.55. The van der Waals surface area contributed by atoms with E-state index in [0.29, 0.717) is 0 Å². The number of urea groups is 1. The molecule has 4 nitrogen and oxygen atoms in total. The molecule has 3 N–H and O–H groups in total. The van der Waals surface area contributed by atoms with Crippen molar-refractivity contribution in [2.45, 2.75) is 20.8 Å². The van der Waals surface area contributed by atoms with E-state index >= 15 is 0 Å². The van der Waals surface area contributed by atoms with Crippen LogP contribution in [0.25, 0.3) is 0 Å². The molecule has 0 aromatic heterocycles. The van der Waals surface area contributed by atoms with Crippen LogP contribution in [0, 0.1) is 13.8 Å². The number of nitrogens with one attached hydrogen (secondary N) is 1. The number of primary amides is 1. The Labute approximate surface area is 89.2 Å². The van der Waals surface area contributed by atoms with Gasteiger partial charge in [-0.2, -0.15) is 5.10 Å². The molecular weight excluding hydrogens is 190 g/mol. The molecule has 0 atom stereocenters. The molecular formula is C11H15N3O. The van der Waals surface area contributed by atoms with Gasteiger partial charge in [0.25, 0.3) is 0 Å². The molecule has 2 amide bonds. The molecule has 1 aromatic rings. The first-order valence-corrected chi connectivity index (χ1v) is 4.67. The summed E-state index contributed by atoms with van der Waals surface area (Å²) >= 11 is 0. The summed E-state index contributed by atoms with van der Waals surface area (Å²) in [5.74, 6) is 0. The first-order valence-electron chi connectivity index (χ1n) is 4.67. The van der Waals surface area contributed by atoms with Crippen molar-refractivity contribution in [2.75, 3.05) is 0 Å². The molecule has 0 saturated heterocycles. The normalized spacial score (nSPS) is 11.3. The van der Waals surface area contributed by atoms with Crippen LogP contribution in [0.5, 0.6) is 0 Å². The smallest absolute Gasteiger partial charge is 0.332 e. The lowest BCUT2D eigenvalue weighted by Gasteiger charge is -2.04. The molecule has 0 spiro atoms. The number of carbonyl (C=O) groups excluding carboxylic acids is 1. The lowest BCUT2D eigenvalue weighted by atomic mass is 10.0. The minimum Gasteiger partial charge on any atom is -0.350 e. The molecule has 1 rings (SSSR count). The molecule has 0 fully saturated rings. The topological polar surface area (TPSA) is 67.5 Å². The van der Waals surface area contributed by atoms with Crippen molar-refractivity contribution in [1.82, 2.24) is 5.43 Å².